The van der Waals surface area contributed by atoms with Crippen LogP contribution in [0.5, 0.6) is 0 Å². The van der Waals surface area contributed by atoms with Crippen molar-refractivity contribution in [2.24, 2.45) is 0 Å². The lowest BCUT2D eigenvalue weighted by Gasteiger charge is -2.18. The Morgan fingerprint density at radius 1 is 1.22 bits per heavy atom. The molecule has 9 nitrogen and oxygen atoms in total. The van der Waals surface area contributed by atoms with Crippen LogP contribution in [0.1, 0.15) is 23.1 Å². The van der Waals surface area contributed by atoms with Gasteiger partial charge in [0.15, 0.2) is 11.1 Å². The minimum absolute atomic E-state index is 0.104. The summed E-state index contributed by atoms with van der Waals surface area (Å²) in [6.07, 6.45) is 5.37. The van der Waals surface area contributed by atoms with Gasteiger partial charge in [-0.1, -0.05) is 12.1 Å². The number of hydrogen-bond donors (Lipinski definition) is 2. The minimum Gasteiger partial charge on any atom is -0.352 e. The van der Waals surface area contributed by atoms with Crippen LogP contribution in [0.25, 0.3) is 27.0 Å². The first kappa shape index (κ1) is 25.2. The van der Waals surface area contributed by atoms with Crippen LogP contribution >= 0.6 is 11.3 Å². The highest BCUT2D eigenvalue weighted by molar-refractivity contribution is 7.83. The summed E-state index contributed by atoms with van der Waals surface area (Å²) in [7, 11) is 1.36. The molecule has 2 N–H and O–H groups in total. The van der Waals surface area contributed by atoms with Crippen LogP contribution in [0, 0.1) is 5.82 Å². The van der Waals surface area contributed by atoms with E-state index in [2.05, 4.69) is 20.7 Å². The molecule has 37 heavy (non-hydrogen) atoms. The largest absolute Gasteiger partial charge is 0.352 e. The first-order valence-corrected chi connectivity index (χ1v) is 13.6. The fourth-order valence-corrected chi connectivity index (χ4v) is 6.11. The molecular formula is C25H25FN6O3S2. The van der Waals surface area contributed by atoms with Gasteiger partial charge < -0.3 is 10.6 Å². The summed E-state index contributed by atoms with van der Waals surface area (Å²) in [5, 5.41) is 8.62. The van der Waals surface area contributed by atoms with Crippen LogP contribution < -0.4 is 10.6 Å². The van der Waals surface area contributed by atoms with Gasteiger partial charge in [0, 0.05) is 18.4 Å². The van der Waals surface area contributed by atoms with E-state index < -0.39 is 28.0 Å². The summed E-state index contributed by atoms with van der Waals surface area (Å²) >= 11 is 1.11. The Hall–Kier alpha value is -3.48. The third-order valence-electron chi connectivity index (χ3n) is 5.80. The number of benzene rings is 2. The van der Waals surface area contributed by atoms with Gasteiger partial charge in [-0.15, -0.1) is 11.3 Å². The summed E-state index contributed by atoms with van der Waals surface area (Å²) < 4.78 is 31.9. The number of nitrogens with zero attached hydrogens (tertiary/aromatic N) is 4. The zero-order chi connectivity index (χ0) is 26.1. The highest BCUT2D eigenvalue weighted by Gasteiger charge is 2.33. The number of carbonyl (C=O) groups is 2. The quantitative estimate of drug-likeness (QED) is 0.339. The first-order valence-electron chi connectivity index (χ1n) is 11.7. The maximum absolute atomic E-state index is 15.2. The van der Waals surface area contributed by atoms with Crippen LogP contribution in [0.2, 0.25) is 0 Å². The summed E-state index contributed by atoms with van der Waals surface area (Å²) in [5.74, 6) is -1.45. The van der Waals surface area contributed by atoms with Crippen molar-refractivity contribution < 1.29 is 18.2 Å². The maximum atomic E-state index is 15.2. The van der Waals surface area contributed by atoms with Crippen LogP contribution in [0.4, 0.5) is 4.39 Å². The average Bonchev–Trinajstić information content (AvgIpc) is 3.33. The minimum atomic E-state index is -1.79. The van der Waals surface area contributed by atoms with E-state index in [9.17, 15) is 13.8 Å². The lowest BCUT2D eigenvalue weighted by atomic mass is 10.0. The third kappa shape index (κ3) is 5.60. The van der Waals surface area contributed by atoms with E-state index >= 15 is 4.39 Å². The molecular weight excluding hydrogens is 515 g/mol. The summed E-state index contributed by atoms with van der Waals surface area (Å²) in [6.45, 7) is -0.230. The Labute approximate surface area is 219 Å². The number of fused-ring (bicyclic) bond motifs is 1. The standard InChI is InChI=1S/C25H25FN6O3S2/c1-31(2)37(35)23(24(34)27-14-21(33)29-17-7-8-17)25-30-22-19(26)12-16(13-20(22)36-25)15-5-3-6-18(11-15)32-10-4-9-28-32/h3-6,9-13,17,23H,7-8,14H2,1-2H3,(H,27,34)(H,29,33). The molecule has 5 rings (SSSR count). The predicted molar refractivity (Wildman–Crippen MR) is 141 cm³/mol. The van der Waals surface area contributed by atoms with Crippen molar-refractivity contribution in [1.82, 2.24) is 29.7 Å². The average molecular weight is 541 g/mol. The Morgan fingerprint density at radius 2 is 2.03 bits per heavy atom. The monoisotopic (exact) mass is 540 g/mol. The fraction of sp³-hybridized carbons (Fsp3) is 0.280. The van der Waals surface area contributed by atoms with Crippen LogP contribution in [0.15, 0.2) is 54.9 Å². The van der Waals surface area contributed by atoms with Crippen LogP contribution in [0.3, 0.4) is 0 Å². The molecule has 1 saturated carbocycles. The second-order valence-electron chi connectivity index (χ2n) is 8.89. The van der Waals surface area contributed by atoms with E-state index in [-0.39, 0.29) is 29.0 Å². The molecule has 0 spiro atoms. The number of rotatable bonds is 9. The van der Waals surface area contributed by atoms with Crippen molar-refractivity contribution in [2.75, 3.05) is 20.6 Å². The summed E-state index contributed by atoms with van der Waals surface area (Å²) in [4.78, 5) is 29.5. The number of halogens is 1. The van der Waals surface area contributed by atoms with Gasteiger partial charge in [-0.25, -0.2) is 22.6 Å². The molecule has 2 heterocycles. The van der Waals surface area contributed by atoms with Crippen molar-refractivity contribution in [2.45, 2.75) is 24.1 Å². The third-order valence-corrected chi connectivity index (χ3v) is 8.58. The molecule has 2 aromatic carbocycles. The van der Waals surface area contributed by atoms with E-state index in [1.807, 2.05) is 36.5 Å². The zero-order valence-electron chi connectivity index (χ0n) is 20.2. The summed E-state index contributed by atoms with van der Waals surface area (Å²) in [6, 6.07) is 12.7. The second-order valence-corrected chi connectivity index (χ2v) is 11.7. The van der Waals surface area contributed by atoms with E-state index in [0.717, 1.165) is 35.4 Å². The number of aromatic nitrogens is 3. The lowest BCUT2D eigenvalue weighted by molar-refractivity contribution is -0.126. The highest BCUT2D eigenvalue weighted by atomic mass is 32.2. The summed E-state index contributed by atoms with van der Waals surface area (Å²) in [5.41, 5.74) is 2.36. The Morgan fingerprint density at radius 3 is 2.73 bits per heavy atom. The van der Waals surface area contributed by atoms with Gasteiger partial charge in [-0.2, -0.15) is 5.10 Å². The van der Waals surface area contributed by atoms with Gasteiger partial charge in [-0.3, -0.25) is 9.59 Å². The maximum Gasteiger partial charge on any atom is 0.244 e. The van der Waals surface area contributed by atoms with E-state index in [4.69, 9.17) is 0 Å². The molecule has 0 bridgehead atoms. The molecule has 192 valence electrons. The zero-order valence-corrected chi connectivity index (χ0v) is 21.8. The van der Waals surface area contributed by atoms with Crippen molar-refractivity contribution in [3.05, 3.63) is 65.7 Å². The molecule has 1 aliphatic carbocycles. The number of thiazole rings is 1. The van der Waals surface area contributed by atoms with Gasteiger partial charge in [0.05, 0.1) is 16.9 Å². The molecule has 1 fully saturated rings. The fourth-order valence-electron chi connectivity index (χ4n) is 3.80. The van der Waals surface area contributed by atoms with Gasteiger partial charge in [0.25, 0.3) is 0 Å². The Balaban J connectivity index is 1.45. The van der Waals surface area contributed by atoms with Gasteiger partial charge >= 0.3 is 0 Å². The predicted octanol–water partition coefficient (Wildman–Crippen LogP) is 2.95. The molecule has 1 aliphatic rings. The normalized spacial score (nSPS) is 15.0. The number of carbonyl (C=O) groups excluding carboxylic acids is 2. The molecule has 0 saturated heterocycles. The molecule has 4 aromatic rings. The lowest BCUT2D eigenvalue weighted by Crippen LogP contribution is -2.41. The van der Waals surface area contributed by atoms with Gasteiger partial charge in [0.2, 0.25) is 11.8 Å². The van der Waals surface area contributed by atoms with Crippen LogP contribution in [-0.2, 0) is 20.6 Å². The molecule has 2 aromatic heterocycles. The Kier molecular flexibility index (Phi) is 7.13. The molecule has 0 aliphatic heterocycles. The van der Waals surface area contributed by atoms with E-state index in [0.29, 0.717) is 10.3 Å². The molecule has 2 amide bonds. The second kappa shape index (κ2) is 10.5. The topological polar surface area (TPSA) is 109 Å². The van der Waals surface area contributed by atoms with Crippen molar-refractivity contribution >= 4 is 44.4 Å². The molecule has 0 radical (unpaired) electrons. The first-order chi connectivity index (χ1) is 17.8. The van der Waals surface area contributed by atoms with E-state index in [1.165, 1.54) is 10.4 Å². The Bertz CT molecular complexity index is 1480. The SMILES string of the molecule is CN(C)S(=O)C(C(=O)NCC(=O)NC1CC1)c1nc2c(F)cc(-c3cccc(-n4cccn4)c3)cc2s1. The number of nitrogens with one attached hydrogen (secondary N) is 2. The van der Waals surface area contributed by atoms with Gasteiger partial charge in [-0.05, 0) is 68.4 Å². The van der Waals surface area contributed by atoms with Crippen LogP contribution in [-0.4, -0.2) is 61.8 Å². The molecule has 2 atom stereocenters. The smallest absolute Gasteiger partial charge is 0.244 e. The van der Waals surface area contributed by atoms with Crippen molar-refractivity contribution in [3.8, 4) is 16.8 Å². The van der Waals surface area contributed by atoms with E-state index in [1.54, 1.807) is 31.0 Å². The van der Waals surface area contributed by atoms with Gasteiger partial charge in [0.1, 0.15) is 21.5 Å². The highest BCUT2D eigenvalue weighted by Crippen LogP contribution is 2.35. The van der Waals surface area contributed by atoms with Crippen molar-refractivity contribution in [3.63, 3.8) is 0 Å². The molecule has 2 unspecified atom stereocenters. The molecule has 12 heteroatoms. The van der Waals surface area contributed by atoms with Crippen molar-refractivity contribution in [1.29, 1.82) is 0 Å². The number of hydrogen-bond acceptors (Lipinski definition) is 6. The number of amides is 2.